The SMILES string of the molecule is CC1CCN(C(=O)[C@@H](C)N2CCN(c3ccccc3O)CC2)CC1. The van der Waals surface area contributed by atoms with E-state index in [0.717, 1.165) is 63.7 Å². The summed E-state index contributed by atoms with van der Waals surface area (Å²) in [6.45, 7) is 9.50. The van der Waals surface area contributed by atoms with Crippen molar-refractivity contribution >= 4 is 11.6 Å². The van der Waals surface area contributed by atoms with Crippen molar-refractivity contribution in [3.63, 3.8) is 0 Å². The third-order valence-corrected chi connectivity index (χ3v) is 5.54. The van der Waals surface area contributed by atoms with Gasteiger partial charge in [-0.2, -0.15) is 0 Å². The van der Waals surface area contributed by atoms with Crippen LogP contribution in [0.1, 0.15) is 26.7 Å². The lowest BCUT2D eigenvalue weighted by molar-refractivity contribution is -0.137. The van der Waals surface area contributed by atoms with Gasteiger partial charge >= 0.3 is 0 Å². The summed E-state index contributed by atoms with van der Waals surface area (Å²) in [7, 11) is 0. The Balaban J connectivity index is 1.54. The van der Waals surface area contributed by atoms with Crippen molar-refractivity contribution in [3.05, 3.63) is 24.3 Å². The van der Waals surface area contributed by atoms with Crippen LogP contribution in [0.25, 0.3) is 0 Å². The molecule has 3 rings (SSSR count). The summed E-state index contributed by atoms with van der Waals surface area (Å²) in [5, 5.41) is 10.0. The predicted molar refractivity (Wildman–Crippen MR) is 96.3 cm³/mol. The lowest BCUT2D eigenvalue weighted by Crippen LogP contribution is -2.55. The van der Waals surface area contributed by atoms with E-state index in [2.05, 4.69) is 16.7 Å². The molecule has 132 valence electrons. The van der Waals surface area contributed by atoms with Gasteiger partial charge < -0.3 is 14.9 Å². The monoisotopic (exact) mass is 331 g/mol. The van der Waals surface area contributed by atoms with Gasteiger partial charge in [-0.05, 0) is 37.8 Å². The zero-order valence-corrected chi connectivity index (χ0v) is 14.8. The van der Waals surface area contributed by atoms with Gasteiger partial charge in [0.1, 0.15) is 5.75 Å². The van der Waals surface area contributed by atoms with Crippen LogP contribution in [-0.2, 0) is 4.79 Å². The molecule has 1 aromatic carbocycles. The van der Waals surface area contributed by atoms with Crippen LogP contribution in [-0.4, -0.2) is 66.1 Å². The average Bonchev–Trinajstić information content (AvgIpc) is 2.62. The zero-order chi connectivity index (χ0) is 17.1. The molecule has 1 atom stereocenters. The number of likely N-dealkylation sites (tertiary alicyclic amines) is 1. The van der Waals surface area contributed by atoms with E-state index in [-0.39, 0.29) is 11.9 Å². The molecule has 0 aromatic heterocycles. The second-order valence-electron chi connectivity index (χ2n) is 7.20. The van der Waals surface area contributed by atoms with E-state index in [1.54, 1.807) is 6.07 Å². The fourth-order valence-corrected chi connectivity index (χ4v) is 3.73. The standard InChI is InChI=1S/C19H29N3O2/c1-15-7-9-22(10-8-15)19(24)16(2)20-11-13-21(14-12-20)17-5-3-4-6-18(17)23/h3-6,15-16,23H,7-14H2,1-2H3/t16-/m1/s1. The number of piperidine rings is 1. The number of nitrogens with zero attached hydrogens (tertiary/aromatic N) is 3. The Morgan fingerprint density at radius 1 is 1.08 bits per heavy atom. The first-order valence-electron chi connectivity index (χ1n) is 9.12. The number of rotatable bonds is 3. The first kappa shape index (κ1) is 17.1. The van der Waals surface area contributed by atoms with Gasteiger partial charge in [-0.15, -0.1) is 0 Å². The Hall–Kier alpha value is -1.75. The normalized spacial score (nSPS) is 21.8. The Morgan fingerprint density at radius 2 is 1.71 bits per heavy atom. The van der Waals surface area contributed by atoms with Crippen LogP contribution in [0.2, 0.25) is 0 Å². The number of hydrogen-bond acceptors (Lipinski definition) is 4. The Bertz CT molecular complexity index is 561. The molecule has 2 saturated heterocycles. The number of benzene rings is 1. The molecule has 5 nitrogen and oxygen atoms in total. The van der Waals surface area contributed by atoms with Gasteiger partial charge in [0.2, 0.25) is 5.91 Å². The van der Waals surface area contributed by atoms with Crippen LogP contribution >= 0.6 is 0 Å². The number of amides is 1. The van der Waals surface area contributed by atoms with E-state index in [9.17, 15) is 9.90 Å². The maximum Gasteiger partial charge on any atom is 0.239 e. The van der Waals surface area contributed by atoms with E-state index in [4.69, 9.17) is 0 Å². The smallest absolute Gasteiger partial charge is 0.239 e. The van der Waals surface area contributed by atoms with E-state index < -0.39 is 0 Å². The molecule has 1 amide bonds. The van der Waals surface area contributed by atoms with Gasteiger partial charge in [0, 0.05) is 39.3 Å². The molecule has 2 fully saturated rings. The van der Waals surface area contributed by atoms with Crippen molar-refractivity contribution in [1.82, 2.24) is 9.80 Å². The molecule has 0 aliphatic carbocycles. The van der Waals surface area contributed by atoms with Crippen LogP contribution in [0.15, 0.2) is 24.3 Å². The first-order chi connectivity index (χ1) is 11.6. The average molecular weight is 331 g/mol. The number of hydrogen-bond donors (Lipinski definition) is 1. The summed E-state index contributed by atoms with van der Waals surface area (Å²) in [6, 6.07) is 7.42. The van der Waals surface area contributed by atoms with Gasteiger partial charge in [-0.1, -0.05) is 19.1 Å². The van der Waals surface area contributed by atoms with E-state index >= 15 is 0 Å². The quantitative estimate of drug-likeness (QED) is 0.922. The maximum absolute atomic E-state index is 12.7. The summed E-state index contributed by atoms with van der Waals surface area (Å²) >= 11 is 0. The van der Waals surface area contributed by atoms with Crippen LogP contribution in [0.4, 0.5) is 5.69 Å². The van der Waals surface area contributed by atoms with Gasteiger partial charge in [0.25, 0.3) is 0 Å². The molecular formula is C19H29N3O2. The van der Waals surface area contributed by atoms with Crippen molar-refractivity contribution < 1.29 is 9.90 Å². The van der Waals surface area contributed by atoms with Crippen LogP contribution < -0.4 is 4.90 Å². The minimum absolute atomic E-state index is 0.0510. The molecule has 24 heavy (non-hydrogen) atoms. The third-order valence-electron chi connectivity index (χ3n) is 5.54. The Morgan fingerprint density at radius 3 is 2.33 bits per heavy atom. The van der Waals surface area contributed by atoms with Gasteiger partial charge in [-0.25, -0.2) is 0 Å². The Kier molecular flexibility index (Phi) is 5.29. The molecule has 0 saturated carbocycles. The van der Waals surface area contributed by atoms with Crippen molar-refractivity contribution in [2.75, 3.05) is 44.2 Å². The molecule has 0 spiro atoms. The molecule has 0 radical (unpaired) electrons. The third kappa shape index (κ3) is 3.66. The number of para-hydroxylation sites is 2. The number of carbonyl (C=O) groups excluding carboxylic acids is 1. The summed E-state index contributed by atoms with van der Waals surface area (Å²) in [4.78, 5) is 19.3. The lowest BCUT2D eigenvalue weighted by atomic mass is 9.98. The van der Waals surface area contributed by atoms with Gasteiger partial charge in [0.05, 0.1) is 11.7 Å². The second kappa shape index (κ2) is 7.43. The summed E-state index contributed by atoms with van der Waals surface area (Å²) in [5.74, 6) is 1.35. The molecule has 1 aromatic rings. The van der Waals surface area contributed by atoms with Gasteiger partial charge in [-0.3, -0.25) is 9.69 Å². The number of piperazine rings is 1. The Labute approximate surface area is 144 Å². The molecule has 5 heteroatoms. The zero-order valence-electron chi connectivity index (χ0n) is 14.8. The highest BCUT2D eigenvalue weighted by atomic mass is 16.3. The molecule has 2 aliphatic rings. The fourth-order valence-electron chi connectivity index (χ4n) is 3.73. The summed E-state index contributed by atoms with van der Waals surface area (Å²) < 4.78 is 0. The minimum atomic E-state index is -0.0510. The minimum Gasteiger partial charge on any atom is -0.506 e. The van der Waals surface area contributed by atoms with Crippen LogP contribution in [0, 0.1) is 5.92 Å². The fraction of sp³-hybridized carbons (Fsp3) is 0.632. The van der Waals surface area contributed by atoms with Crippen LogP contribution in [0.3, 0.4) is 0 Å². The number of carbonyl (C=O) groups is 1. The molecule has 2 aliphatic heterocycles. The van der Waals surface area contributed by atoms with Gasteiger partial charge in [0.15, 0.2) is 0 Å². The highest BCUT2D eigenvalue weighted by Gasteiger charge is 2.30. The lowest BCUT2D eigenvalue weighted by Gasteiger charge is -2.41. The van der Waals surface area contributed by atoms with E-state index in [1.165, 1.54) is 0 Å². The molecule has 2 heterocycles. The topological polar surface area (TPSA) is 47.0 Å². The molecule has 0 bridgehead atoms. The molecule has 1 N–H and O–H groups in total. The highest BCUT2D eigenvalue weighted by Crippen LogP contribution is 2.27. The van der Waals surface area contributed by atoms with Crippen molar-refractivity contribution in [2.24, 2.45) is 5.92 Å². The van der Waals surface area contributed by atoms with Crippen LogP contribution in [0.5, 0.6) is 5.75 Å². The summed E-state index contributed by atoms with van der Waals surface area (Å²) in [5.41, 5.74) is 0.890. The first-order valence-corrected chi connectivity index (χ1v) is 9.12. The number of phenolic OH excluding ortho intramolecular Hbond substituents is 1. The summed E-state index contributed by atoms with van der Waals surface area (Å²) in [6.07, 6.45) is 2.25. The number of phenols is 1. The number of anilines is 1. The van der Waals surface area contributed by atoms with Crippen molar-refractivity contribution in [1.29, 1.82) is 0 Å². The maximum atomic E-state index is 12.7. The predicted octanol–water partition coefficient (Wildman–Crippen LogP) is 2.16. The van der Waals surface area contributed by atoms with Crippen molar-refractivity contribution in [2.45, 2.75) is 32.7 Å². The molecule has 0 unspecified atom stereocenters. The highest BCUT2D eigenvalue weighted by molar-refractivity contribution is 5.81. The largest absolute Gasteiger partial charge is 0.506 e. The second-order valence-corrected chi connectivity index (χ2v) is 7.20. The molecular weight excluding hydrogens is 302 g/mol. The van der Waals surface area contributed by atoms with E-state index in [0.29, 0.717) is 5.75 Å². The van der Waals surface area contributed by atoms with Crippen molar-refractivity contribution in [3.8, 4) is 5.75 Å². The van der Waals surface area contributed by atoms with E-state index in [1.807, 2.05) is 30.0 Å². The number of aromatic hydroxyl groups is 1.